The summed E-state index contributed by atoms with van der Waals surface area (Å²) in [6, 6.07) is 14.2. The zero-order valence-electron chi connectivity index (χ0n) is 12.8. The van der Waals surface area contributed by atoms with Gasteiger partial charge >= 0.3 is 0 Å². The number of ether oxygens (including phenoxy) is 1. The molecule has 2 aromatic rings. The molecule has 0 aromatic heterocycles. The molecule has 1 saturated carbocycles. The summed E-state index contributed by atoms with van der Waals surface area (Å²) in [5, 5.41) is 5.73. The number of amides is 2. The second-order valence-electron chi connectivity index (χ2n) is 5.48. The van der Waals surface area contributed by atoms with Crippen LogP contribution in [0.2, 0.25) is 0 Å². The molecule has 23 heavy (non-hydrogen) atoms. The normalized spacial score (nSPS) is 13.3. The quantitative estimate of drug-likeness (QED) is 0.892. The Kier molecular flexibility index (Phi) is 4.28. The fourth-order valence-electron chi connectivity index (χ4n) is 2.23. The van der Waals surface area contributed by atoms with Crippen LogP contribution in [0, 0.1) is 0 Å². The summed E-state index contributed by atoms with van der Waals surface area (Å²) in [6.07, 6.45) is 2.11. The monoisotopic (exact) mass is 310 g/mol. The predicted molar refractivity (Wildman–Crippen MR) is 87.9 cm³/mol. The lowest BCUT2D eigenvalue weighted by Crippen LogP contribution is -2.25. The van der Waals surface area contributed by atoms with Crippen molar-refractivity contribution in [3.63, 3.8) is 0 Å². The summed E-state index contributed by atoms with van der Waals surface area (Å²) < 4.78 is 5.18. The SMILES string of the molecule is COc1ccccc1C(=O)Nc1ccc(C(=O)NC2CC2)cc1. The lowest BCUT2D eigenvalue weighted by atomic mass is 10.1. The van der Waals surface area contributed by atoms with Gasteiger partial charge in [-0.05, 0) is 49.2 Å². The highest BCUT2D eigenvalue weighted by Crippen LogP contribution is 2.21. The first-order valence-electron chi connectivity index (χ1n) is 7.52. The minimum Gasteiger partial charge on any atom is -0.496 e. The Labute approximate surface area is 134 Å². The highest BCUT2D eigenvalue weighted by Gasteiger charge is 2.23. The van der Waals surface area contributed by atoms with Crippen molar-refractivity contribution in [2.45, 2.75) is 18.9 Å². The third kappa shape index (κ3) is 3.69. The Morgan fingerprint density at radius 3 is 2.35 bits per heavy atom. The van der Waals surface area contributed by atoms with Gasteiger partial charge in [0.2, 0.25) is 0 Å². The molecule has 2 aromatic carbocycles. The molecule has 5 heteroatoms. The van der Waals surface area contributed by atoms with Gasteiger partial charge in [0.25, 0.3) is 11.8 Å². The molecule has 0 unspecified atom stereocenters. The number of para-hydroxylation sites is 1. The minimum atomic E-state index is -0.252. The highest BCUT2D eigenvalue weighted by atomic mass is 16.5. The first kappa shape index (κ1) is 15.1. The lowest BCUT2D eigenvalue weighted by Gasteiger charge is -2.09. The van der Waals surface area contributed by atoms with Gasteiger partial charge in [-0.2, -0.15) is 0 Å². The van der Waals surface area contributed by atoms with Crippen molar-refractivity contribution in [3.05, 3.63) is 59.7 Å². The maximum absolute atomic E-state index is 12.3. The number of carbonyl (C=O) groups excluding carboxylic acids is 2. The molecule has 0 spiro atoms. The van der Waals surface area contributed by atoms with Crippen LogP contribution < -0.4 is 15.4 Å². The molecule has 1 aliphatic rings. The zero-order valence-corrected chi connectivity index (χ0v) is 12.8. The average Bonchev–Trinajstić information content (AvgIpc) is 3.39. The zero-order chi connectivity index (χ0) is 16.2. The van der Waals surface area contributed by atoms with E-state index in [0.29, 0.717) is 28.6 Å². The minimum absolute atomic E-state index is 0.0740. The van der Waals surface area contributed by atoms with E-state index in [1.807, 2.05) is 6.07 Å². The van der Waals surface area contributed by atoms with Crippen LogP contribution in [0.4, 0.5) is 5.69 Å². The number of rotatable bonds is 5. The molecule has 1 fully saturated rings. The van der Waals surface area contributed by atoms with Gasteiger partial charge in [-0.15, -0.1) is 0 Å². The fraction of sp³-hybridized carbons (Fsp3) is 0.222. The fourth-order valence-corrected chi connectivity index (χ4v) is 2.23. The molecule has 2 N–H and O–H groups in total. The van der Waals surface area contributed by atoms with Crippen LogP contribution in [-0.4, -0.2) is 25.0 Å². The van der Waals surface area contributed by atoms with E-state index < -0.39 is 0 Å². The first-order chi connectivity index (χ1) is 11.2. The van der Waals surface area contributed by atoms with Crippen LogP contribution in [0.15, 0.2) is 48.5 Å². The molecule has 3 rings (SSSR count). The largest absolute Gasteiger partial charge is 0.496 e. The molecular weight excluding hydrogens is 292 g/mol. The van der Waals surface area contributed by atoms with Crippen LogP contribution in [0.5, 0.6) is 5.75 Å². The van der Waals surface area contributed by atoms with Crippen molar-refractivity contribution in [1.82, 2.24) is 5.32 Å². The molecule has 0 heterocycles. The van der Waals surface area contributed by atoms with Crippen molar-refractivity contribution in [3.8, 4) is 5.75 Å². The molecule has 0 saturated heterocycles. The van der Waals surface area contributed by atoms with Gasteiger partial charge in [0.05, 0.1) is 12.7 Å². The van der Waals surface area contributed by atoms with Gasteiger partial charge in [-0.3, -0.25) is 9.59 Å². The molecule has 118 valence electrons. The van der Waals surface area contributed by atoms with Crippen LogP contribution in [0.25, 0.3) is 0 Å². The van der Waals surface area contributed by atoms with Crippen molar-refractivity contribution in [2.75, 3.05) is 12.4 Å². The topological polar surface area (TPSA) is 67.4 Å². The first-order valence-corrected chi connectivity index (χ1v) is 7.52. The van der Waals surface area contributed by atoms with E-state index in [-0.39, 0.29) is 11.8 Å². The summed E-state index contributed by atoms with van der Waals surface area (Å²) in [5.74, 6) is 0.193. The summed E-state index contributed by atoms with van der Waals surface area (Å²) in [7, 11) is 1.53. The maximum Gasteiger partial charge on any atom is 0.259 e. The second kappa shape index (κ2) is 6.52. The van der Waals surface area contributed by atoms with E-state index in [9.17, 15) is 9.59 Å². The van der Waals surface area contributed by atoms with Gasteiger partial charge in [-0.25, -0.2) is 0 Å². The van der Waals surface area contributed by atoms with E-state index in [0.717, 1.165) is 12.8 Å². The van der Waals surface area contributed by atoms with Gasteiger partial charge < -0.3 is 15.4 Å². The van der Waals surface area contributed by atoms with Crippen molar-refractivity contribution in [2.24, 2.45) is 0 Å². The van der Waals surface area contributed by atoms with E-state index in [4.69, 9.17) is 4.74 Å². The van der Waals surface area contributed by atoms with E-state index in [2.05, 4.69) is 10.6 Å². The second-order valence-corrected chi connectivity index (χ2v) is 5.48. The van der Waals surface area contributed by atoms with Crippen molar-refractivity contribution >= 4 is 17.5 Å². The van der Waals surface area contributed by atoms with Gasteiger partial charge in [0, 0.05) is 17.3 Å². The Balaban J connectivity index is 1.67. The van der Waals surface area contributed by atoms with Crippen molar-refractivity contribution < 1.29 is 14.3 Å². The maximum atomic E-state index is 12.3. The van der Waals surface area contributed by atoms with Crippen LogP contribution >= 0.6 is 0 Å². The summed E-state index contributed by atoms with van der Waals surface area (Å²) in [4.78, 5) is 24.2. The lowest BCUT2D eigenvalue weighted by molar-refractivity contribution is 0.0950. The number of hydrogen-bond donors (Lipinski definition) is 2. The van der Waals surface area contributed by atoms with Crippen LogP contribution in [0.1, 0.15) is 33.6 Å². The number of nitrogens with one attached hydrogen (secondary N) is 2. The molecule has 5 nitrogen and oxygen atoms in total. The van der Waals surface area contributed by atoms with E-state index in [1.54, 1.807) is 42.5 Å². The number of anilines is 1. The average molecular weight is 310 g/mol. The van der Waals surface area contributed by atoms with Crippen LogP contribution in [0.3, 0.4) is 0 Å². The van der Waals surface area contributed by atoms with Gasteiger partial charge in [0.1, 0.15) is 5.75 Å². The molecule has 0 aliphatic heterocycles. The van der Waals surface area contributed by atoms with E-state index >= 15 is 0 Å². The Hall–Kier alpha value is -2.82. The van der Waals surface area contributed by atoms with Crippen LogP contribution in [-0.2, 0) is 0 Å². The van der Waals surface area contributed by atoms with Gasteiger partial charge in [0.15, 0.2) is 0 Å². The molecule has 0 atom stereocenters. The Morgan fingerprint density at radius 2 is 1.70 bits per heavy atom. The number of benzene rings is 2. The molecule has 0 bridgehead atoms. The van der Waals surface area contributed by atoms with E-state index in [1.165, 1.54) is 7.11 Å². The smallest absolute Gasteiger partial charge is 0.259 e. The third-order valence-electron chi connectivity index (χ3n) is 3.67. The summed E-state index contributed by atoms with van der Waals surface area (Å²) in [5.41, 5.74) is 1.68. The standard InChI is InChI=1S/C18H18N2O3/c1-23-16-5-3-2-4-15(16)18(22)20-13-8-6-12(7-9-13)17(21)19-14-10-11-14/h2-9,14H,10-11H2,1H3,(H,19,21)(H,20,22). The molecule has 0 radical (unpaired) electrons. The third-order valence-corrected chi connectivity index (χ3v) is 3.67. The molecular formula is C18H18N2O3. The number of hydrogen-bond acceptors (Lipinski definition) is 3. The Morgan fingerprint density at radius 1 is 1.00 bits per heavy atom. The Bertz CT molecular complexity index is 721. The van der Waals surface area contributed by atoms with Gasteiger partial charge in [-0.1, -0.05) is 12.1 Å². The molecule has 2 amide bonds. The van der Waals surface area contributed by atoms with Crippen molar-refractivity contribution in [1.29, 1.82) is 0 Å². The predicted octanol–water partition coefficient (Wildman–Crippen LogP) is 2.84. The highest BCUT2D eigenvalue weighted by molar-refractivity contribution is 6.06. The summed E-state index contributed by atoms with van der Waals surface area (Å²) in [6.45, 7) is 0. The summed E-state index contributed by atoms with van der Waals surface area (Å²) >= 11 is 0. The molecule has 1 aliphatic carbocycles. The number of methoxy groups -OCH3 is 1. The number of carbonyl (C=O) groups is 2.